The fraction of sp³-hybridized carbons (Fsp3) is 0.600. The Morgan fingerprint density at radius 1 is 1.15 bits per heavy atom. The van der Waals surface area contributed by atoms with E-state index >= 15 is 0 Å². The van der Waals surface area contributed by atoms with E-state index in [0.717, 1.165) is 49.8 Å². The molecule has 1 saturated heterocycles. The van der Waals surface area contributed by atoms with E-state index < -0.39 is 0 Å². The lowest BCUT2D eigenvalue weighted by molar-refractivity contribution is 0.175. The van der Waals surface area contributed by atoms with Crippen molar-refractivity contribution in [3.8, 4) is 0 Å². The molecule has 1 aliphatic carbocycles. The molecule has 0 spiro atoms. The number of aromatic nitrogens is 2. The maximum Gasteiger partial charge on any atom is 0.197 e. The predicted octanol–water partition coefficient (Wildman–Crippen LogP) is 2.92. The largest absolute Gasteiger partial charge is 0.449 e. The lowest BCUT2D eigenvalue weighted by atomic mass is 9.97. The van der Waals surface area contributed by atoms with E-state index in [1.54, 1.807) is 12.5 Å². The molecule has 0 unspecified atom stereocenters. The van der Waals surface area contributed by atoms with Gasteiger partial charge in [0.2, 0.25) is 0 Å². The Morgan fingerprint density at radius 3 is 2.70 bits per heavy atom. The Labute approximate surface area is 118 Å². The average molecular weight is 273 g/mol. The molecule has 2 aliphatic rings. The molecule has 0 radical (unpaired) electrons. The van der Waals surface area contributed by atoms with Gasteiger partial charge in [-0.3, -0.25) is 4.90 Å². The highest BCUT2D eigenvalue weighted by Crippen LogP contribution is 2.39. The zero-order chi connectivity index (χ0) is 13.4. The van der Waals surface area contributed by atoms with Gasteiger partial charge in [-0.25, -0.2) is 4.98 Å². The number of hydrogen-bond donors (Lipinski definition) is 0. The molecule has 2 fully saturated rings. The first-order valence-electron chi connectivity index (χ1n) is 7.46. The summed E-state index contributed by atoms with van der Waals surface area (Å²) in [4.78, 5) is 6.69. The van der Waals surface area contributed by atoms with Gasteiger partial charge in [0.1, 0.15) is 6.26 Å². The molecule has 2 aromatic rings. The zero-order valence-corrected chi connectivity index (χ0v) is 11.5. The summed E-state index contributed by atoms with van der Waals surface area (Å²) in [5.41, 5.74) is 1.15. The van der Waals surface area contributed by atoms with E-state index in [0.29, 0.717) is 11.8 Å². The summed E-state index contributed by atoms with van der Waals surface area (Å²) >= 11 is 0. The SMILES string of the molecule is c1coc(C2CCN(Cc3cc(C4CC4)no3)CC2)n1. The van der Waals surface area contributed by atoms with E-state index in [1.807, 2.05) is 0 Å². The molecule has 3 heterocycles. The first-order valence-corrected chi connectivity index (χ1v) is 7.46. The van der Waals surface area contributed by atoms with Crippen LogP contribution in [-0.4, -0.2) is 28.1 Å². The second kappa shape index (κ2) is 5.05. The molecule has 1 aliphatic heterocycles. The van der Waals surface area contributed by atoms with E-state index in [1.165, 1.54) is 12.8 Å². The highest BCUT2D eigenvalue weighted by atomic mass is 16.5. The summed E-state index contributed by atoms with van der Waals surface area (Å²) in [7, 11) is 0. The molecule has 106 valence electrons. The van der Waals surface area contributed by atoms with Crippen LogP contribution in [0.5, 0.6) is 0 Å². The highest BCUT2D eigenvalue weighted by molar-refractivity contribution is 5.15. The van der Waals surface area contributed by atoms with Gasteiger partial charge in [0, 0.05) is 17.9 Å². The van der Waals surface area contributed by atoms with Gasteiger partial charge in [0.15, 0.2) is 11.7 Å². The van der Waals surface area contributed by atoms with Crippen molar-refractivity contribution in [2.45, 2.75) is 44.1 Å². The smallest absolute Gasteiger partial charge is 0.197 e. The normalized spacial score (nSPS) is 21.4. The second-order valence-corrected chi connectivity index (χ2v) is 5.91. The third kappa shape index (κ3) is 2.50. The minimum absolute atomic E-state index is 0.470. The fourth-order valence-corrected chi connectivity index (χ4v) is 2.97. The van der Waals surface area contributed by atoms with Crippen molar-refractivity contribution in [2.75, 3.05) is 13.1 Å². The Balaban J connectivity index is 1.32. The van der Waals surface area contributed by atoms with Crippen molar-refractivity contribution < 1.29 is 8.94 Å². The van der Waals surface area contributed by atoms with Gasteiger partial charge in [-0.05, 0) is 38.8 Å². The second-order valence-electron chi connectivity index (χ2n) is 5.91. The minimum atomic E-state index is 0.470. The molecule has 4 rings (SSSR count). The van der Waals surface area contributed by atoms with Crippen LogP contribution in [0.25, 0.3) is 0 Å². The Morgan fingerprint density at radius 2 is 2.00 bits per heavy atom. The van der Waals surface area contributed by atoms with Crippen molar-refractivity contribution in [2.24, 2.45) is 0 Å². The third-order valence-electron chi connectivity index (χ3n) is 4.34. The molecule has 0 amide bonds. The zero-order valence-electron chi connectivity index (χ0n) is 11.5. The first-order chi connectivity index (χ1) is 9.88. The van der Waals surface area contributed by atoms with Crippen LogP contribution >= 0.6 is 0 Å². The monoisotopic (exact) mass is 273 g/mol. The van der Waals surface area contributed by atoms with Crippen molar-refractivity contribution in [1.29, 1.82) is 0 Å². The summed E-state index contributed by atoms with van der Waals surface area (Å²) in [5, 5.41) is 4.17. The number of nitrogens with zero attached hydrogens (tertiary/aromatic N) is 3. The van der Waals surface area contributed by atoms with Gasteiger partial charge in [-0.2, -0.15) is 0 Å². The molecule has 0 N–H and O–H groups in total. The van der Waals surface area contributed by atoms with E-state index in [4.69, 9.17) is 8.94 Å². The number of rotatable bonds is 4. The van der Waals surface area contributed by atoms with E-state index in [2.05, 4.69) is 21.1 Å². The molecule has 5 nitrogen and oxygen atoms in total. The van der Waals surface area contributed by atoms with Crippen LogP contribution < -0.4 is 0 Å². The van der Waals surface area contributed by atoms with Crippen molar-refractivity contribution in [3.63, 3.8) is 0 Å². The summed E-state index contributed by atoms with van der Waals surface area (Å²) in [6.07, 6.45) is 8.14. The summed E-state index contributed by atoms with van der Waals surface area (Å²) in [6.45, 7) is 3.00. The maximum absolute atomic E-state index is 5.45. The molecule has 1 saturated carbocycles. The van der Waals surface area contributed by atoms with Crippen LogP contribution in [-0.2, 0) is 6.54 Å². The van der Waals surface area contributed by atoms with Gasteiger partial charge in [-0.1, -0.05) is 5.16 Å². The minimum Gasteiger partial charge on any atom is -0.449 e. The molecular weight excluding hydrogens is 254 g/mol. The molecular formula is C15H19N3O2. The van der Waals surface area contributed by atoms with Crippen LogP contribution in [0.15, 0.2) is 27.5 Å². The molecule has 5 heteroatoms. The van der Waals surface area contributed by atoms with E-state index in [-0.39, 0.29) is 0 Å². The summed E-state index contributed by atoms with van der Waals surface area (Å²) in [6, 6.07) is 2.14. The topological polar surface area (TPSA) is 55.3 Å². The van der Waals surface area contributed by atoms with Crippen LogP contribution in [0.3, 0.4) is 0 Å². The molecule has 0 aromatic carbocycles. The van der Waals surface area contributed by atoms with Gasteiger partial charge in [0.25, 0.3) is 0 Å². The summed E-state index contributed by atoms with van der Waals surface area (Å²) < 4.78 is 10.9. The number of oxazole rings is 1. The number of piperidine rings is 1. The Kier molecular flexibility index (Phi) is 3.07. The average Bonchev–Trinajstić information content (AvgIpc) is 3.00. The number of hydrogen-bond acceptors (Lipinski definition) is 5. The maximum atomic E-state index is 5.45. The quantitative estimate of drug-likeness (QED) is 0.857. The van der Waals surface area contributed by atoms with Gasteiger partial charge >= 0.3 is 0 Å². The Hall–Kier alpha value is -1.62. The van der Waals surface area contributed by atoms with Crippen LogP contribution in [0.1, 0.15) is 54.9 Å². The van der Waals surface area contributed by atoms with Crippen molar-refractivity contribution in [3.05, 3.63) is 35.9 Å². The van der Waals surface area contributed by atoms with E-state index in [9.17, 15) is 0 Å². The number of likely N-dealkylation sites (tertiary alicyclic amines) is 1. The van der Waals surface area contributed by atoms with Crippen LogP contribution in [0, 0.1) is 0 Å². The summed E-state index contributed by atoms with van der Waals surface area (Å²) in [5.74, 6) is 3.03. The van der Waals surface area contributed by atoms with Crippen LogP contribution in [0.2, 0.25) is 0 Å². The van der Waals surface area contributed by atoms with Crippen molar-refractivity contribution >= 4 is 0 Å². The molecule has 0 bridgehead atoms. The molecule has 2 aromatic heterocycles. The lowest BCUT2D eigenvalue weighted by Gasteiger charge is -2.29. The first kappa shape index (κ1) is 12.1. The van der Waals surface area contributed by atoms with Gasteiger partial charge in [0.05, 0.1) is 18.4 Å². The lowest BCUT2D eigenvalue weighted by Crippen LogP contribution is -2.32. The highest BCUT2D eigenvalue weighted by Gasteiger charge is 2.28. The Bertz CT molecular complexity index is 551. The standard InChI is InChI=1S/C15H19N3O2/c1-2-11(1)14-9-13(20-17-14)10-18-6-3-12(4-7-18)15-16-5-8-19-15/h5,8-9,11-12H,1-4,6-7,10H2. The van der Waals surface area contributed by atoms with Gasteiger partial charge < -0.3 is 8.94 Å². The third-order valence-corrected chi connectivity index (χ3v) is 4.34. The molecule has 20 heavy (non-hydrogen) atoms. The van der Waals surface area contributed by atoms with Crippen LogP contribution in [0.4, 0.5) is 0 Å². The van der Waals surface area contributed by atoms with Gasteiger partial charge in [-0.15, -0.1) is 0 Å². The molecule has 0 atom stereocenters. The fourth-order valence-electron chi connectivity index (χ4n) is 2.97. The predicted molar refractivity (Wildman–Crippen MR) is 72.2 cm³/mol. The van der Waals surface area contributed by atoms with Crippen molar-refractivity contribution in [1.82, 2.24) is 15.0 Å².